The van der Waals surface area contributed by atoms with Gasteiger partial charge >= 0.3 is 0 Å². The summed E-state index contributed by atoms with van der Waals surface area (Å²) in [5.74, 6) is 0.826. The quantitative estimate of drug-likeness (QED) is 0.677. The summed E-state index contributed by atoms with van der Waals surface area (Å²) in [5, 5.41) is 2.82. The summed E-state index contributed by atoms with van der Waals surface area (Å²) in [6.45, 7) is 10.2. The summed E-state index contributed by atoms with van der Waals surface area (Å²) in [6, 6.07) is 4.35. The first-order chi connectivity index (χ1) is 11.9. The maximum absolute atomic E-state index is 12.5. The molecule has 8 heteroatoms. The van der Waals surface area contributed by atoms with Gasteiger partial charge in [0.05, 0.1) is 19.1 Å². The first kappa shape index (κ1) is 22.6. The van der Waals surface area contributed by atoms with Crippen LogP contribution in [0.5, 0.6) is 5.75 Å². The smallest absolute Gasteiger partial charge is 0.243 e. The maximum Gasteiger partial charge on any atom is 0.243 e. The van der Waals surface area contributed by atoms with Crippen molar-refractivity contribution >= 4 is 33.4 Å². The van der Waals surface area contributed by atoms with E-state index < -0.39 is 16.1 Å². The van der Waals surface area contributed by atoms with Crippen molar-refractivity contribution in [3.8, 4) is 5.75 Å². The molecule has 1 aromatic rings. The number of aryl methyl sites for hydroxylation is 1. The highest BCUT2D eigenvalue weighted by atomic mass is 32.2. The van der Waals surface area contributed by atoms with Gasteiger partial charge in [0, 0.05) is 17.0 Å². The van der Waals surface area contributed by atoms with E-state index in [1.165, 1.54) is 7.11 Å². The van der Waals surface area contributed by atoms with Gasteiger partial charge in [0.1, 0.15) is 11.8 Å². The molecule has 0 heterocycles. The largest absolute Gasteiger partial charge is 0.495 e. The third-order valence-electron chi connectivity index (χ3n) is 3.60. The van der Waals surface area contributed by atoms with Crippen molar-refractivity contribution in [3.05, 3.63) is 23.8 Å². The molecule has 26 heavy (non-hydrogen) atoms. The molecule has 1 atom stereocenters. The molecule has 0 aliphatic carbocycles. The zero-order chi connectivity index (χ0) is 20.1. The second kappa shape index (κ2) is 8.99. The Hall–Kier alpha value is -1.41. The average Bonchev–Trinajstić information content (AvgIpc) is 2.49. The number of ether oxygens (including phenoxy) is 1. The first-order valence-corrected chi connectivity index (χ1v) is 11.3. The van der Waals surface area contributed by atoms with Gasteiger partial charge in [-0.1, -0.05) is 26.8 Å². The molecule has 0 saturated heterocycles. The second-order valence-corrected chi connectivity index (χ2v) is 10.9. The highest BCUT2D eigenvalue weighted by Crippen LogP contribution is 2.32. The van der Waals surface area contributed by atoms with E-state index in [0.717, 1.165) is 21.9 Å². The fourth-order valence-electron chi connectivity index (χ4n) is 2.43. The molecule has 1 amide bonds. The summed E-state index contributed by atoms with van der Waals surface area (Å²) in [4.78, 5) is 12.5. The fourth-order valence-corrected chi connectivity index (χ4v) is 4.42. The predicted octanol–water partition coefficient (Wildman–Crippen LogP) is 2.81. The normalized spacial score (nSPS) is 13.2. The van der Waals surface area contributed by atoms with Crippen LogP contribution in [0.2, 0.25) is 0 Å². The van der Waals surface area contributed by atoms with Gasteiger partial charge in [-0.2, -0.15) is 11.8 Å². The van der Waals surface area contributed by atoms with Crippen LogP contribution in [-0.4, -0.2) is 50.8 Å². The van der Waals surface area contributed by atoms with Crippen molar-refractivity contribution < 1.29 is 17.9 Å². The highest BCUT2D eigenvalue weighted by Gasteiger charge is 2.31. The van der Waals surface area contributed by atoms with Gasteiger partial charge in [0.25, 0.3) is 0 Å². The third-order valence-corrected chi connectivity index (χ3v) is 6.10. The van der Waals surface area contributed by atoms with Crippen molar-refractivity contribution in [2.45, 2.75) is 45.4 Å². The van der Waals surface area contributed by atoms with Crippen LogP contribution in [0.1, 0.15) is 33.3 Å². The minimum atomic E-state index is -3.68. The van der Waals surface area contributed by atoms with Gasteiger partial charge in [-0.25, -0.2) is 8.42 Å². The van der Waals surface area contributed by atoms with Crippen LogP contribution in [0.4, 0.5) is 5.69 Å². The Morgan fingerprint density at radius 2 is 1.96 bits per heavy atom. The van der Waals surface area contributed by atoms with Crippen molar-refractivity contribution in [2.75, 3.05) is 30.0 Å². The first-order valence-electron chi connectivity index (χ1n) is 8.42. The number of amides is 1. The zero-order valence-corrected chi connectivity index (χ0v) is 18.3. The van der Waals surface area contributed by atoms with E-state index in [1.54, 1.807) is 30.8 Å². The maximum atomic E-state index is 12.5. The molecule has 0 unspecified atom stereocenters. The van der Waals surface area contributed by atoms with Crippen LogP contribution in [0.15, 0.2) is 18.2 Å². The van der Waals surface area contributed by atoms with Crippen molar-refractivity contribution in [1.82, 2.24) is 5.32 Å². The number of methoxy groups -OCH3 is 1. The monoisotopic (exact) mass is 402 g/mol. The Bertz CT molecular complexity index is 727. The Morgan fingerprint density at radius 1 is 1.35 bits per heavy atom. The lowest BCUT2D eigenvalue weighted by molar-refractivity contribution is -0.121. The standard InChI is InChI=1S/C18H30N2O4S2/c1-13-8-9-16(24-6)15(12-13)20(26(7,22)23)14(2)17(21)19-10-11-25-18(3,4)5/h8-9,12,14H,10-11H2,1-7H3,(H,19,21)/t14-/m1/s1. The molecule has 0 radical (unpaired) electrons. The lowest BCUT2D eigenvalue weighted by Crippen LogP contribution is -2.48. The zero-order valence-electron chi connectivity index (χ0n) is 16.6. The molecule has 1 N–H and O–H groups in total. The van der Waals surface area contributed by atoms with E-state index in [9.17, 15) is 13.2 Å². The van der Waals surface area contributed by atoms with Gasteiger partial charge in [-0.05, 0) is 31.5 Å². The van der Waals surface area contributed by atoms with Crippen molar-refractivity contribution in [1.29, 1.82) is 0 Å². The van der Waals surface area contributed by atoms with Gasteiger partial charge in [-0.3, -0.25) is 9.10 Å². The number of carbonyl (C=O) groups excluding carboxylic acids is 1. The number of nitrogens with zero attached hydrogens (tertiary/aromatic N) is 1. The van der Waals surface area contributed by atoms with Gasteiger partial charge in [0.2, 0.25) is 15.9 Å². The number of carbonyl (C=O) groups is 1. The Kier molecular flexibility index (Phi) is 7.83. The van der Waals surface area contributed by atoms with E-state index in [1.807, 2.05) is 13.0 Å². The van der Waals surface area contributed by atoms with Crippen LogP contribution < -0.4 is 14.4 Å². The molecule has 6 nitrogen and oxygen atoms in total. The molecule has 0 spiro atoms. The average molecular weight is 403 g/mol. The van der Waals surface area contributed by atoms with E-state index in [4.69, 9.17) is 4.74 Å². The van der Waals surface area contributed by atoms with Gasteiger partial charge in [-0.15, -0.1) is 0 Å². The number of sulfonamides is 1. The molecule has 0 aromatic heterocycles. The predicted molar refractivity (Wildman–Crippen MR) is 110 cm³/mol. The SMILES string of the molecule is COc1ccc(C)cc1N([C@H](C)C(=O)NCCSC(C)(C)C)S(C)(=O)=O. The van der Waals surface area contributed by atoms with Crippen LogP contribution in [0.3, 0.4) is 0 Å². The fraction of sp³-hybridized carbons (Fsp3) is 0.611. The molecule has 0 aliphatic rings. The van der Waals surface area contributed by atoms with Gasteiger partial charge < -0.3 is 10.1 Å². The number of anilines is 1. The number of hydrogen-bond donors (Lipinski definition) is 1. The number of thioether (sulfide) groups is 1. The van der Waals surface area contributed by atoms with Crippen molar-refractivity contribution in [3.63, 3.8) is 0 Å². The molecular formula is C18H30N2O4S2. The molecule has 0 aliphatic heterocycles. The molecule has 0 fully saturated rings. The molecule has 1 aromatic carbocycles. The van der Waals surface area contributed by atoms with Crippen LogP contribution in [0, 0.1) is 6.92 Å². The topological polar surface area (TPSA) is 75.7 Å². The second-order valence-electron chi connectivity index (χ2n) is 7.16. The highest BCUT2D eigenvalue weighted by molar-refractivity contribution is 8.00. The Balaban J connectivity index is 3.01. The Morgan fingerprint density at radius 3 is 2.46 bits per heavy atom. The molecule has 0 bridgehead atoms. The van der Waals surface area contributed by atoms with Crippen molar-refractivity contribution in [2.24, 2.45) is 0 Å². The minimum Gasteiger partial charge on any atom is -0.495 e. The number of hydrogen-bond acceptors (Lipinski definition) is 5. The number of benzene rings is 1. The summed E-state index contributed by atoms with van der Waals surface area (Å²) in [7, 11) is -2.20. The lowest BCUT2D eigenvalue weighted by Gasteiger charge is -2.29. The van der Waals surface area contributed by atoms with E-state index in [2.05, 4.69) is 26.1 Å². The van der Waals surface area contributed by atoms with Crippen LogP contribution in [0.25, 0.3) is 0 Å². The molecule has 148 valence electrons. The van der Waals surface area contributed by atoms with E-state index in [-0.39, 0.29) is 10.7 Å². The van der Waals surface area contributed by atoms with Crippen LogP contribution >= 0.6 is 11.8 Å². The third kappa shape index (κ3) is 6.72. The van der Waals surface area contributed by atoms with E-state index in [0.29, 0.717) is 18.0 Å². The van der Waals surface area contributed by atoms with Gasteiger partial charge in [0.15, 0.2) is 0 Å². The summed E-state index contributed by atoms with van der Waals surface area (Å²) >= 11 is 1.74. The minimum absolute atomic E-state index is 0.115. The lowest BCUT2D eigenvalue weighted by atomic mass is 10.2. The summed E-state index contributed by atoms with van der Waals surface area (Å²) < 4.78 is 31.3. The number of rotatable bonds is 8. The number of nitrogens with one attached hydrogen (secondary N) is 1. The van der Waals surface area contributed by atoms with Crippen LogP contribution in [-0.2, 0) is 14.8 Å². The summed E-state index contributed by atoms with van der Waals surface area (Å²) in [6.07, 6.45) is 1.09. The molecular weight excluding hydrogens is 372 g/mol. The molecule has 0 saturated carbocycles. The molecule has 1 rings (SSSR count). The summed E-state index contributed by atoms with van der Waals surface area (Å²) in [5.41, 5.74) is 1.24. The van der Waals surface area contributed by atoms with E-state index >= 15 is 0 Å². The Labute approximate surface area is 161 Å².